The number of hydrogen-bond acceptors (Lipinski definition) is 3. The summed E-state index contributed by atoms with van der Waals surface area (Å²) in [5, 5.41) is 3.12. The van der Waals surface area contributed by atoms with Crippen molar-refractivity contribution in [3.05, 3.63) is 59.7 Å². The third kappa shape index (κ3) is 5.51. The van der Waals surface area contributed by atoms with E-state index in [1.54, 1.807) is 7.11 Å². The van der Waals surface area contributed by atoms with E-state index < -0.39 is 0 Å². The predicted octanol–water partition coefficient (Wildman–Crippen LogP) is 4.74. The molecular formula is C24H32N2O2. The van der Waals surface area contributed by atoms with Gasteiger partial charge in [-0.1, -0.05) is 31.2 Å². The lowest BCUT2D eigenvalue weighted by molar-refractivity contribution is -0.121. The summed E-state index contributed by atoms with van der Waals surface area (Å²) in [6, 6.07) is 16.5. The minimum atomic E-state index is 0.0128. The van der Waals surface area contributed by atoms with Crippen LogP contribution < -0.4 is 15.0 Å². The van der Waals surface area contributed by atoms with Crippen LogP contribution in [-0.4, -0.2) is 26.1 Å². The zero-order valence-corrected chi connectivity index (χ0v) is 17.3. The van der Waals surface area contributed by atoms with Gasteiger partial charge in [0.25, 0.3) is 0 Å². The van der Waals surface area contributed by atoms with E-state index in [2.05, 4.69) is 41.4 Å². The Hall–Kier alpha value is -2.49. The van der Waals surface area contributed by atoms with Crippen LogP contribution in [0.2, 0.25) is 0 Å². The van der Waals surface area contributed by atoms with Gasteiger partial charge in [0.2, 0.25) is 5.91 Å². The van der Waals surface area contributed by atoms with Gasteiger partial charge in [0, 0.05) is 25.2 Å². The Morgan fingerprint density at radius 1 is 1.11 bits per heavy atom. The van der Waals surface area contributed by atoms with Crippen LogP contribution in [0.5, 0.6) is 5.75 Å². The fraction of sp³-hybridized carbons (Fsp3) is 0.458. The first-order valence-corrected chi connectivity index (χ1v) is 10.3. The SMILES string of the molecule is COc1ccc(CCC(=O)N[C@H](C)c2ccc(N3CCC(C)CC3)cc2)cc1. The van der Waals surface area contributed by atoms with Crippen LogP contribution >= 0.6 is 0 Å². The average molecular weight is 381 g/mol. The van der Waals surface area contributed by atoms with E-state index in [1.807, 2.05) is 31.2 Å². The van der Waals surface area contributed by atoms with E-state index >= 15 is 0 Å². The van der Waals surface area contributed by atoms with Crippen molar-refractivity contribution in [3.8, 4) is 5.75 Å². The molecule has 0 aromatic heterocycles. The van der Waals surface area contributed by atoms with Crippen molar-refractivity contribution < 1.29 is 9.53 Å². The highest BCUT2D eigenvalue weighted by molar-refractivity contribution is 5.76. The number of benzene rings is 2. The molecule has 1 aliphatic rings. The molecule has 1 aliphatic heterocycles. The highest BCUT2D eigenvalue weighted by Crippen LogP contribution is 2.24. The number of ether oxygens (including phenoxy) is 1. The summed E-state index contributed by atoms with van der Waals surface area (Å²) < 4.78 is 5.17. The number of nitrogens with one attached hydrogen (secondary N) is 1. The number of hydrogen-bond donors (Lipinski definition) is 1. The number of amides is 1. The molecule has 3 rings (SSSR count). The van der Waals surface area contributed by atoms with E-state index in [0.29, 0.717) is 6.42 Å². The van der Waals surface area contributed by atoms with Gasteiger partial charge >= 0.3 is 0 Å². The third-order valence-electron chi connectivity index (χ3n) is 5.72. The Kier molecular flexibility index (Phi) is 6.96. The molecule has 0 spiro atoms. The zero-order chi connectivity index (χ0) is 19.9. The van der Waals surface area contributed by atoms with E-state index in [0.717, 1.165) is 42.3 Å². The van der Waals surface area contributed by atoms with Gasteiger partial charge in [-0.05, 0) is 67.5 Å². The largest absolute Gasteiger partial charge is 0.497 e. The first-order valence-electron chi connectivity index (χ1n) is 10.3. The van der Waals surface area contributed by atoms with E-state index in [-0.39, 0.29) is 11.9 Å². The minimum Gasteiger partial charge on any atom is -0.497 e. The third-order valence-corrected chi connectivity index (χ3v) is 5.72. The molecule has 1 fully saturated rings. The molecule has 0 saturated carbocycles. The van der Waals surface area contributed by atoms with Gasteiger partial charge in [-0.15, -0.1) is 0 Å². The predicted molar refractivity (Wildman–Crippen MR) is 115 cm³/mol. The van der Waals surface area contributed by atoms with E-state index in [4.69, 9.17) is 4.74 Å². The highest BCUT2D eigenvalue weighted by Gasteiger charge is 2.16. The number of rotatable bonds is 7. The van der Waals surface area contributed by atoms with Gasteiger partial charge in [-0.3, -0.25) is 4.79 Å². The van der Waals surface area contributed by atoms with Gasteiger partial charge in [0.1, 0.15) is 5.75 Å². The zero-order valence-electron chi connectivity index (χ0n) is 17.3. The number of carbonyl (C=O) groups is 1. The van der Waals surface area contributed by atoms with Crippen molar-refractivity contribution in [2.24, 2.45) is 5.92 Å². The maximum absolute atomic E-state index is 12.3. The monoisotopic (exact) mass is 380 g/mol. The van der Waals surface area contributed by atoms with Gasteiger partial charge in [-0.25, -0.2) is 0 Å². The lowest BCUT2D eigenvalue weighted by Crippen LogP contribution is -2.32. The summed E-state index contributed by atoms with van der Waals surface area (Å²) in [6.45, 7) is 6.65. The molecular weight excluding hydrogens is 348 g/mol. The summed E-state index contributed by atoms with van der Waals surface area (Å²) in [6.07, 6.45) is 3.75. The molecule has 0 aliphatic carbocycles. The van der Waals surface area contributed by atoms with E-state index in [1.165, 1.54) is 18.5 Å². The van der Waals surface area contributed by atoms with Crippen LogP contribution in [0.25, 0.3) is 0 Å². The maximum atomic E-state index is 12.3. The van der Waals surface area contributed by atoms with Gasteiger partial charge in [0.15, 0.2) is 0 Å². The Labute approximate surface area is 168 Å². The quantitative estimate of drug-likeness (QED) is 0.754. The highest BCUT2D eigenvalue weighted by atomic mass is 16.5. The Morgan fingerprint density at radius 2 is 1.75 bits per heavy atom. The summed E-state index contributed by atoms with van der Waals surface area (Å²) >= 11 is 0. The molecule has 1 saturated heterocycles. The molecule has 4 nitrogen and oxygen atoms in total. The first kappa shape index (κ1) is 20.2. The summed E-state index contributed by atoms with van der Waals surface area (Å²) in [4.78, 5) is 14.8. The van der Waals surface area contributed by atoms with Crippen LogP contribution in [0.3, 0.4) is 0 Å². The van der Waals surface area contributed by atoms with Crippen molar-refractivity contribution in [2.75, 3.05) is 25.1 Å². The first-order chi connectivity index (χ1) is 13.5. The fourth-order valence-corrected chi connectivity index (χ4v) is 3.69. The molecule has 1 heterocycles. The fourth-order valence-electron chi connectivity index (χ4n) is 3.69. The second-order valence-corrected chi connectivity index (χ2v) is 7.90. The van der Waals surface area contributed by atoms with E-state index in [9.17, 15) is 4.79 Å². The summed E-state index contributed by atoms with van der Waals surface area (Å²) in [5.41, 5.74) is 3.57. The number of methoxy groups -OCH3 is 1. The number of anilines is 1. The molecule has 1 N–H and O–H groups in total. The molecule has 0 bridgehead atoms. The Bertz CT molecular complexity index is 747. The van der Waals surface area contributed by atoms with Crippen molar-refractivity contribution in [2.45, 2.75) is 45.6 Å². The number of aryl methyl sites for hydroxylation is 1. The number of piperidine rings is 1. The second kappa shape index (κ2) is 9.63. The average Bonchev–Trinajstić information content (AvgIpc) is 2.73. The topological polar surface area (TPSA) is 41.6 Å². The normalized spacial score (nSPS) is 15.9. The minimum absolute atomic E-state index is 0.0128. The van der Waals surface area contributed by atoms with Gasteiger partial charge in [0.05, 0.1) is 13.2 Å². The Balaban J connectivity index is 1.48. The summed E-state index contributed by atoms with van der Waals surface area (Å²) in [5.74, 6) is 1.76. The molecule has 0 radical (unpaired) electrons. The van der Waals surface area contributed by atoms with Crippen molar-refractivity contribution in [1.82, 2.24) is 5.32 Å². The van der Waals surface area contributed by atoms with Crippen molar-refractivity contribution in [3.63, 3.8) is 0 Å². The van der Waals surface area contributed by atoms with Crippen LogP contribution in [0, 0.1) is 5.92 Å². The number of nitrogens with zero attached hydrogens (tertiary/aromatic N) is 1. The molecule has 2 aromatic rings. The molecule has 1 amide bonds. The Morgan fingerprint density at radius 3 is 2.36 bits per heavy atom. The van der Waals surface area contributed by atoms with Crippen LogP contribution in [0.15, 0.2) is 48.5 Å². The maximum Gasteiger partial charge on any atom is 0.220 e. The molecule has 1 atom stereocenters. The molecule has 28 heavy (non-hydrogen) atoms. The molecule has 150 valence electrons. The van der Waals surface area contributed by atoms with Gasteiger partial charge < -0.3 is 15.0 Å². The molecule has 2 aromatic carbocycles. The van der Waals surface area contributed by atoms with Crippen LogP contribution in [0.1, 0.15) is 50.3 Å². The van der Waals surface area contributed by atoms with Gasteiger partial charge in [-0.2, -0.15) is 0 Å². The van der Waals surface area contributed by atoms with Crippen LogP contribution in [0.4, 0.5) is 5.69 Å². The molecule has 0 unspecified atom stereocenters. The van der Waals surface area contributed by atoms with Crippen molar-refractivity contribution in [1.29, 1.82) is 0 Å². The number of carbonyl (C=O) groups excluding carboxylic acids is 1. The second-order valence-electron chi connectivity index (χ2n) is 7.90. The standard InChI is InChI=1S/C24H32N2O2/c1-18-14-16-26(17-15-18)22-9-7-21(8-10-22)19(2)25-24(27)13-6-20-4-11-23(28-3)12-5-20/h4-5,7-12,18-19H,6,13-17H2,1-3H3,(H,25,27)/t19-/m1/s1. The smallest absolute Gasteiger partial charge is 0.220 e. The lowest BCUT2D eigenvalue weighted by Gasteiger charge is -2.32. The summed E-state index contributed by atoms with van der Waals surface area (Å²) in [7, 11) is 1.66. The van der Waals surface area contributed by atoms with Crippen molar-refractivity contribution >= 4 is 11.6 Å². The lowest BCUT2D eigenvalue weighted by atomic mass is 9.98. The van der Waals surface area contributed by atoms with Crippen LogP contribution in [-0.2, 0) is 11.2 Å². The molecule has 4 heteroatoms.